The van der Waals surface area contributed by atoms with E-state index in [1.807, 2.05) is 18.2 Å². The van der Waals surface area contributed by atoms with Crippen LogP contribution in [0.15, 0.2) is 48.7 Å². The molecule has 116 valence electrons. The van der Waals surface area contributed by atoms with E-state index in [1.54, 1.807) is 44.6 Å². The standard InChI is InChI=1S/C17H20N2O3/c1-19(11-9-14-7-3-4-10-18-14)17(21)16(20)13-6-5-8-15(12-13)22-2/h3-8,10,12,16,20H,9,11H2,1-2H3/t16-/m1/s1. The minimum absolute atomic E-state index is 0.343. The van der Waals surface area contributed by atoms with Gasteiger partial charge in [-0.25, -0.2) is 0 Å². The van der Waals surface area contributed by atoms with Gasteiger partial charge >= 0.3 is 0 Å². The summed E-state index contributed by atoms with van der Waals surface area (Å²) in [5.41, 5.74) is 1.44. The predicted molar refractivity (Wildman–Crippen MR) is 83.5 cm³/mol. The highest BCUT2D eigenvalue weighted by Gasteiger charge is 2.21. The minimum Gasteiger partial charge on any atom is -0.497 e. The Hall–Kier alpha value is -2.40. The summed E-state index contributed by atoms with van der Waals surface area (Å²) in [4.78, 5) is 18.0. The summed E-state index contributed by atoms with van der Waals surface area (Å²) < 4.78 is 5.11. The molecule has 2 rings (SSSR count). The van der Waals surface area contributed by atoms with E-state index in [0.29, 0.717) is 24.3 Å². The fraction of sp³-hybridized carbons (Fsp3) is 0.294. The maximum Gasteiger partial charge on any atom is 0.255 e. The van der Waals surface area contributed by atoms with E-state index in [0.717, 1.165) is 5.69 Å². The second kappa shape index (κ2) is 7.56. The Morgan fingerprint density at radius 1 is 1.32 bits per heavy atom. The number of carbonyl (C=O) groups is 1. The Morgan fingerprint density at radius 2 is 2.14 bits per heavy atom. The number of pyridine rings is 1. The Morgan fingerprint density at radius 3 is 2.82 bits per heavy atom. The van der Waals surface area contributed by atoms with Crippen molar-refractivity contribution in [2.75, 3.05) is 20.7 Å². The highest BCUT2D eigenvalue weighted by atomic mass is 16.5. The zero-order valence-electron chi connectivity index (χ0n) is 12.8. The number of amides is 1. The molecule has 0 saturated carbocycles. The molecule has 1 atom stereocenters. The maximum absolute atomic E-state index is 12.3. The summed E-state index contributed by atoms with van der Waals surface area (Å²) >= 11 is 0. The second-order valence-corrected chi connectivity index (χ2v) is 5.01. The third kappa shape index (κ3) is 4.05. The molecule has 0 saturated heterocycles. The van der Waals surface area contributed by atoms with Gasteiger partial charge in [-0.1, -0.05) is 18.2 Å². The topological polar surface area (TPSA) is 62.7 Å². The number of carbonyl (C=O) groups excluding carboxylic acids is 1. The number of rotatable bonds is 6. The van der Waals surface area contributed by atoms with E-state index in [9.17, 15) is 9.90 Å². The van der Waals surface area contributed by atoms with Crippen LogP contribution in [0.1, 0.15) is 17.4 Å². The van der Waals surface area contributed by atoms with Gasteiger partial charge in [0, 0.05) is 31.9 Å². The Labute approximate surface area is 130 Å². The van der Waals surface area contributed by atoms with Crippen molar-refractivity contribution in [2.45, 2.75) is 12.5 Å². The largest absolute Gasteiger partial charge is 0.497 e. The smallest absolute Gasteiger partial charge is 0.255 e. The lowest BCUT2D eigenvalue weighted by Crippen LogP contribution is -2.33. The highest BCUT2D eigenvalue weighted by Crippen LogP contribution is 2.20. The summed E-state index contributed by atoms with van der Waals surface area (Å²) in [6.45, 7) is 0.497. The van der Waals surface area contributed by atoms with E-state index in [4.69, 9.17) is 4.74 Å². The number of nitrogens with zero attached hydrogens (tertiary/aromatic N) is 2. The molecule has 1 aromatic carbocycles. The number of ether oxygens (including phenoxy) is 1. The van der Waals surface area contributed by atoms with Crippen LogP contribution in [-0.4, -0.2) is 41.6 Å². The van der Waals surface area contributed by atoms with Crippen LogP contribution in [-0.2, 0) is 11.2 Å². The Balaban J connectivity index is 1.97. The van der Waals surface area contributed by atoms with E-state index in [2.05, 4.69) is 4.98 Å². The average Bonchev–Trinajstić information content (AvgIpc) is 2.59. The number of hydrogen-bond acceptors (Lipinski definition) is 4. The minimum atomic E-state index is -1.19. The van der Waals surface area contributed by atoms with Crippen molar-refractivity contribution in [1.82, 2.24) is 9.88 Å². The van der Waals surface area contributed by atoms with Gasteiger partial charge in [-0.3, -0.25) is 9.78 Å². The molecule has 0 aliphatic carbocycles. The van der Waals surface area contributed by atoms with Crippen molar-refractivity contribution in [3.63, 3.8) is 0 Å². The molecular formula is C17H20N2O3. The average molecular weight is 300 g/mol. The van der Waals surface area contributed by atoms with Gasteiger partial charge in [0.15, 0.2) is 6.10 Å². The first-order chi connectivity index (χ1) is 10.6. The molecule has 1 amide bonds. The van der Waals surface area contributed by atoms with Crippen LogP contribution in [0.4, 0.5) is 0 Å². The fourth-order valence-electron chi connectivity index (χ4n) is 2.10. The van der Waals surface area contributed by atoms with Crippen molar-refractivity contribution < 1.29 is 14.6 Å². The number of aliphatic hydroxyl groups is 1. The summed E-state index contributed by atoms with van der Waals surface area (Å²) in [5.74, 6) is 0.268. The molecule has 0 unspecified atom stereocenters. The molecule has 0 aliphatic rings. The van der Waals surface area contributed by atoms with Crippen molar-refractivity contribution >= 4 is 5.91 Å². The van der Waals surface area contributed by atoms with E-state index < -0.39 is 6.10 Å². The molecule has 0 radical (unpaired) electrons. The lowest BCUT2D eigenvalue weighted by molar-refractivity contribution is -0.139. The van der Waals surface area contributed by atoms with Crippen molar-refractivity contribution in [2.24, 2.45) is 0 Å². The van der Waals surface area contributed by atoms with E-state index in [1.165, 1.54) is 4.90 Å². The van der Waals surface area contributed by atoms with Gasteiger partial charge < -0.3 is 14.7 Å². The number of aromatic nitrogens is 1. The first kappa shape index (κ1) is 16.0. The quantitative estimate of drug-likeness (QED) is 0.884. The second-order valence-electron chi connectivity index (χ2n) is 5.01. The SMILES string of the molecule is COc1cccc([C@@H](O)C(=O)N(C)CCc2ccccn2)c1. The fourth-order valence-corrected chi connectivity index (χ4v) is 2.10. The summed E-state index contributed by atoms with van der Waals surface area (Å²) in [6.07, 6.45) is 1.18. The van der Waals surface area contributed by atoms with Crippen LogP contribution >= 0.6 is 0 Å². The summed E-state index contributed by atoms with van der Waals surface area (Å²) in [7, 11) is 3.22. The predicted octanol–water partition coefficient (Wildman–Crippen LogP) is 1.82. The van der Waals surface area contributed by atoms with Crippen LogP contribution < -0.4 is 4.74 Å². The van der Waals surface area contributed by atoms with Crippen LogP contribution in [0.25, 0.3) is 0 Å². The van der Waals surface area contributed by atoms with Gasteiger partial charge in [-0.05, 0) is 29.8 Å². The van der Waals surface area contributed by atoms with Gasteiger partial charge in [0.1, 0.15) is 5.75 Å². The van der Waals surface area contributed by atoms with Crippen molar-refractivity contribution in [3.8, 4) is 5.75 Å². The maximum atomic E-state index is 12.3. The molecule has 22 heavy (non-hydrogen) atoms. The van der Waals surface area contributed by atoms with Crippen LogP contribution in [0, 0.1) is 0 Å². The van der Waals surface area contributed by atoms with E-state index in [-0.39, 0.29) is 5.91 Å². The molecular weight excluding hydrogens is 280 g/mol. The molecule has 5 nitrogen and oxygen atoms in total. The van der Waals surface area contributed by atoms with Crippen LogP contribution in [0.2, 0.25) is 0 Å². The van der Waals surface area contributed by atoms with Crippen LogP contribution in [0.5, 0.6) is 5.75 Å². The van der Waals surface area contributed by atoms with Gasteiger partial charge in [0.05, 0.1) is 7.11 Å². The van der Waals surface area contributed by atoms with E-state index >= 15 is 0 Å². The zero-order chi connectivity index (χ0) is 15.9. The van der Waals surface area contributed by atoms with Gasteiger partial charge in [0.2, 0.25) is 0 Å². The molecule has 1 aromatic heterocycles. The monoisotopic (exact) mass is 300 g/mol. The number of benzene rings is 1. The zero-order valence-corrected chi connectivity index (χ0v) is 12.8. The molecule has 0 bridgehead atoms. The highest BCUT2D eigenvalue weighted by molar-refractivity contribution is 5.82. The third-order valence-corrected chi connectivity index (χ3v) is 3.45. The van der Waals surface area contributed by atoms with Gasteiger partial charge in [-0.2, -0.15) is 0 Å². The van der Waals surface area contributed by atoms with Crippen LogP contribution in [0.3, 0.4) is 0 Å². The first-order valence-electron chi connectivity index (χ1n) is 7.08. The molecule has 1 heterocycles. The third-order valence-electron chi connectivity index (χ3n) is 3.45. The molecule has 1 N–H and O–H groups in total. The molecule has 0 aliphatic heterocycles. The van der Waals surface area contributed by atoms with Gasteiger partial charge in [-0.15, -0.1) is 0 Å². The lowest BCUT2D eigenvalue weighted by atomic mass is 10.1. The van der Waals surface area contributed by atoms with Crippen molar-refractivity contribution in [1.29, 1.82) is 0 Å². The number of likely N-dealkylation sites (N-methyl/N-ethyl adjacent to an activating group) is 1. The summed E-state index contributed by atoms with van der Waals surface area (Å²) in [6, 6.07) is 12.6. The number of hydrogen-bond donors (Lipinski definition) is 1. The molecule has 5 heteroatoms. The number of aliphatic hydroxyl groups excluding tert-OH is 1. The van der Waals surface area contributed by atoms with Gasteiger partial charge in [0.25, 0.3) is 5.91 Å². The Bertz CT molecular complexity index is 616. The normalized spacial score (nSPS) is 11.8. The van der Waals surface area contributed by atoms with Crippen molar-refractivity contribution in [3.05, 3.63) is 59.9 Å². The Kier molecular flexibility index (Phi) is 5.49. The first-order valence-corrected chi connectivity index (χ1v) is 7.08. The summed E-state index contributed by atoms with van der Waals surface area (Å²) in [5, 5.41) is 10.2. The molecule has 0 fully saturated rings. The molecule has 0 spiro atoms. The lowest BCUT2D eigenvalue weighted by Gasteiger charge is -2.21. The number of methoxy groups -OCH3 is 1. The molecule has 2 aromatic rings.